The summed E-state index contributed by atoms with van der Waals surface area (Å²) in [5.74, 6) is -0.343. The molecule has 0 bridgehead atoms. The summed E-state index contributed by atoms with van der Waals surface area (Å²) in [6.07, 6.45) is 2.40. The molecule has 0 aliphatic carbocycles. The van der Waals surface area contributed by atoms with Crippen molar-refractivity contribution < 1.29 is 22.4 Å². The summed E-state index contributed by atoms with van der Waals surface area (Å²) in [6.45, 7) is 6.88. The summed E-state index contributed by atoms with van der Waals surface area (Å²) in [4.78, 5) is 19.3. The molecule has 2 aliphatic rings. The van der Waals surface area contributed by atoms with E-state index < -0.39 is 17.5 Å². The van der Waals surface area contributed by atoms with Crippen LogP contribution in [0, 0.1) is 0 Å². The smallest absolute Gasteiger partial charge is 0.300 e. The molecule has 4 aromatic heterocycles. The first-order chi connectivity index (χ1) is 19.9. The number of anilines is 1. The van der Waals surface area contributed by atoms with E-state index in [4.69, 9.17) is 4.42 Å². The van der Waals surface area contributed by atoms with Crippen LogP contribution in [-0.2, 0) is 18.5 Å². The van der Waals surface area contributed by atoms with Crippen LogP contribution < -0.4 is 10.6 Å². The summed E-state index contributed by atoms with van der Waals surface area (Å²) < 4.78 is 53.8. The average molecular weight is 604 g/mol. The van der Waals surface area contributed by atoms with E-state index >= 15 is 0 Å². The van der Waals surface area contributed by atoms with E-state index in [1.54, 1.807) is 27.4 Å². The lowest BCUT2D eigenvalue weighted by Crippen LogP contribution is -2.46. The molecule has 2 N–H and O–H groups in total. The molecule has 6 heterocycles. The third-order valence-corrected chi connectivity index (χ3v) is 8.48. The highest BCUT2D eigenvalue weighted by molar-refractivity contribution is 8.00. The molecule has 1 saturated heterocycles. The van der Waals surface area contributed by atoms with Gasteiger partial charge in [0.05, 0.1) is 35.6 Å². The Morgan fingerprint density at radius 1 is 1.26 bits per heavy atom. The molecule has 0 saturated carbocycles. The van der Waals surface area contributed by atoms with Crippen LogP contribution in [0.5, 0.6) is 0 Å². The molecule has 11 nitrogen and oxygen atoms in total. The van der Waals surface area contributed by atoms with Gasteiger partial charge >= 0.3 is 0 Å². The number of aryl methyl sites for hydroxylation is 1. The fraction of sp³-hybridized carbons (Fsp3) is 0.519. The Balaban J connectivity index is 1.28. The number of nitrogens with one attached hydrogen (secondary N) is 2. The summed E-state index contributed by atoms with van der Waals surface area (Å²) in [5, 5.41) is 15.4. The van der Waals surface area contributed by atoms with E-state index in [2.05, 4.69) is 30.9 Å². The highest BCUT2D eigenvalue weighted by atomic mass is 32.2. The number of hydrogen-bond acceptors (Lipinski definition) is 9. The molecule has 224 valence electrons. The number of carbonyl (C=O) groups excluding carboxylic acids is 1. The molecular formula is C27H32F3N9O2S. The van der Waals surface area contributed by atoms with Gasteiger partial charge in [0.15, 0.2) is 11.3 Å². The number of alkyl halides is 3. The number of aromatic nitrogens is 6. The Hall–Kier alpha value is -3.59. The first-order valence-corrected chi connectivity index (χ1v) is 14.6. The zero-order valence-electron chi connectivity index (χ0n) is 23.7. The van der Waals surface area contributed by atoms with Crippen LogP contribution in [0.4, 0.5) is 18.9 Å². The number of carbonyl (C=O) groups is 1. The second-order valence-corrected chi connectivity index (χ2v) is 12.9. The van der Waals surface area contributed by atoms with Crippen LogP contribution in [0.25, 0.3) is 17.2 Å². The fourth-order valence-corrected chi connectivity index (χ4v) is 6.10. The molecule has 2 aliphatic heterocycles. The van der Waals surface area contributed by atoms with Gasteiger partial charge in [-0.25, -0.2) is 9.37 Å². The molecule has 0 aromatic carbocycles. The van der Waals surface area contributed by atoms with Gasteiger partial charge in [-0.2, -0.15) is 13.9 Å². The van der Waals surface area contributed by atoms with E-state index in [0.717, 1.165) is 6.54 Å². The van der Waals surface area contributed by atoms with Crippen molar-refractivity contribution in [1.29, 1.82) is 0 Å². The van der Waals surface area contributed by atoms with Gasteiger partial charge in [0, 0.05) is 31.4 Å². The molecule has 0 unspecified atom stereocenters. The number of imidazole rings is 1. The number of piperidine rings is 1. The lowest BCUT2D eigenvalue weighted by molar-refractivity contribution is 0.0945. The lowest BCUT2D eigenvalue weighted by Gasteiger charge is -2.33. The molecule has 0 radical (unpaired) electrons. The van der Waals surface area contributed by atoms with Crippen molar-refractivity contribution in [1.82, 2.24) is 39.6 Å². The summed E-state index contributed by atoms with van der Waals surface area (Å²) >= 11 is 0.392. The minimum absolute atomic E-state index is 0.0525. The van der Waals surface area contributed by atoms with Crippen LogP contribution in [0.15, 0.2) is 34.0 Å². The van der Waals surface area contributed by atoms with Gasteiger partial charge in [0.25, 0.3) is 17.1 Å². The second-order valence-electron chi connectivity index (χ2n) is 11.7. The van der Waals surface area contributed by atoms with Gasteiger partial charge in [0.1, 0.15) is 11.2 Å². The minimum atomic E-state index is -3.05. The highest BCUT2D eigenvalue weighted by Crippen LogP contribution is 2.47. The van der Waals surface area contributed by atoms with E-state index in [-0.39, 0.29) is 53.3 Å². The van der Waals surface area contributed by atoms with Crippen LogP contribution in [0.2, 0.25) is 0 Å². The Morgan fingerprint density at radius 2 is 2.07 bits per heavy atom. The largest absolute Gasteiger partial charge is 0.417 e. The van der Waals surface area contributed by atoms with Crippen LogP contribution in [-0.4, -0.2) is 77.8 Å². The van der Waals surface area contributed by atoms with Crippen molar-refractivity contribution in [2.24, 2.45) is 0 Å². The van der Waals surface area contributed by atoms with E-state index in [9.17, 15) is 18.0 Å². The number of hydrogen-bond donors (Lipinski definition) is 2. The standard InChI is InChI=1S/C27H32F3N9O2S/c1-26(2,3)38-13-15(11-32-38)23(40)31-12-20-35-36-24(41-20)21-25-39-16(7-9-27(29,30)42-25)5-6-19(22(39)34-21)33-18-8-10-37(4)14-17(18)28/h5-6,11,13,17-18,33H,7-10,12,14H2,1-4H3,(H,31,40)/t17-,18+/m0/s1. The maximum Gasteiger partial charge on any atom is 0.300 e. The van der Waals surface area contributed by atoms with Gasteiger partial charge in [-0.3, -0.25) is 13.9 Å². The molecule has 4 aromatic rings. The van der Waals surface area contributed by atoms with Gasteiger partial charge < -0.3 is 20.0 Å². The summed E-state index contributed by atoms with van der Waals surface area (Å²) in [5.41, 5.74) is 1.77. The second kappa shape index (κ2) is 10.6. The maximum atomic E-state index is 14.9. The van der Waals surface area contributed by atoms with E-state index in [1.165, 1.54) is 6.20 Å². The molecule has 0 spiro atoms. The molecule has 2 atom stereocenters. The van der Waals surface area contributed by atoms with Gasteiger partial charge in [-0.05, 0) is 64.6 Å². The molecule has 15 heteroatoms. The van der Waals surface area contributed by atoms with Crippen LogP contribution >= 0.6 is 11.8 Å². The van der Waals surface area contributed by atoms with Crippen molar-refractivity contribution in [2.45, 2.75) is 74.6 Å². The zero-order chi connectivity index (χ0) is 29.8. The van der Waals surface area contributed by atoms with Crippen molar-refractivity contribution in [3.63, 3.8) is 0 Å². The van der Waals surface area contributed by atoms with Crippen molar-refractivity contribution in [3.05, 3.63) is 41.7 Å². The van der Waals surface area contributed by atoms with E-state index in [1.807, 2.05) is 32.7 Å². The average Bonchev–Trinajstić information content (AvgIpc) is 3.65. The van der Waals surface area contributed by atoms with Gasteiger partial charge in [-0.1, -0.05) is 0 Å². The third-order valence-electron chi connectivity index (χ3n) is 7.41. The number of likely N-dealkylation sites (tertiary alicyclic amines) is 1. The Kier molecular flexibility index (Phi) is 7.20. The number of thioether (sulfide) groups is 1. The molecule has 1 amide bonds. The topological polar surface area (TPSA) is 118 Å². The number of rotatable bonds is 6. The maximum absolute atomic E-state index is 14.9. The van der Waals surface area contributed by atoms with E-state index in [0.29, 0.717) is 47.3 Å². The van der Waals surface area contributed by atoms with Crippen molar-refractivity contribution in [2.75, 3.05) is 25.5 Å². The first kappa shape index (κ1) is 28.5. The number of amides is 1. The lowest BCUT2D eigenvalue weighted by atomic mass is 10.0. The first-order valence-electron chi connectivity index (χ1n) is 13.7. The predicted octanol–water partition coefficient (Wildman–Crippen LogP) is 4.35. The van der Waals surface area contributed by atoms with Crippen LogP contribution in [0.3, 0.4) is 0 Å². The predicted molar refractivity (Wildman–Crippen MR) is 150 cm³/mol. The SMILES string of the molecule is CN1CC[C@@H](Nc2ccc3n4c(c(-c5nnc(CNC(=O)c6cnn(C(C)(C)C)c6)o5)nc24)SC(F)(F)CC3)[C@@H](F)C1. The Labute approximate surface area is 244 Å². The monoisotopic (exact) mass is 603 g/mol. The van der Waals surface area contributed by atoms with Gasteiger partial charge in [-0.15, -0.1) is 10.2 Å². The number of nitrogens with zero attached hydrogens (tertiary/aromatic N) is 7. The highest BCUT2D eigenvalue weighted by Gasteiger charge is 2.38. The fourth-order valence-electron chi connectivity index (χ4n) is 5.09. The quantitative estimate of drug-likeness (QED) is 0.332. The zero-order valence-corrected chi connectivity index (χ0v) is 24.5. The van der Waals surface area contributed by atoms with Gasteiger partial charge in [0.2, 0.25) is 5.89 Å². The van der Waals surface area contributed by atoms with Crippen molar-refractivity contribution >= 4 is 29.0 Å². The van der Waals surface area contributed by atoms with Crippen molar-refractivity contribution in [3.8, 4) is 11.6 Å². The Morgan fingerprint density at radius 3 is 2.81 bits per heavy atom. The Bertz CT molecular complexity index is 1630. The third kappa shape index (κ3) is 5.59. The number of halogens is 3. The molecule has 6 rings (SSSR count). The summed E-state index contributed by atoms with van der Waals surface area (Å²) in [6, 6.07) is 3.10. The molecular weight excluding hydrogens is 571 g/mol. The molecule has 42 heavy (non-hydrogen) atoms. The normalized spacial score (nSPS) is 20.9. The number of pyridine rings is 1. The molecule has 1 fully saturated rings. The summed E-state index contributed by atoms with van der Waals surface area (Å²) in [7, 11) is 1.88. The minimum Gasteiger partial charge on any atom is -0.417 e. The van der Waals surface area contributed by atoms with Crippen LogP contribution in [0.1, 0.15) is 55.6 Å².